The Morgan fingerprint density at radius 1 is 1.62 bits per heavy atom. The fourth-order valence-electron chi connectivity index (χ4n) is 0.970. The molecule has 1 unspecified atom stereocenters. The molecule has 0 aromatic carbocycles. The molecule has 13 heavy (non-hydrogen) atoms. The summed E-state index contributed by atoms with van der Waals surface area (Å²) in [6.07, 6.45) is 0. The molecular formula is C8H14N2OS2. The van der Waals surface area contributed by atoms with Crippen LogP contribution in [0.25, 0.3) is 0 Å². The van der Waals surface area contributed by atoms with E-state index in [2.05, 4.69) is 10.9 Å². The predicted molar refractivity (Wildman–Crippen MR) is 58.7 cm³/mol. The van der Waals surface area contributed by atoms with Crippen LogP contribution in [0.1, 0.15) is 30.5 Å². The molecule has 0 radical (unpaired) electrons. The molecule has 3 nitrogen and oxygen atoms in total. The molecule has 2 N–H and O–H groups in total. The monoisotopic (exact) mass is 218 g/mol. The minimum absolute atomic E-state index is 0.346. The Balaban J connectivity index is 3.27. The lowest BCUT2D eigenvalue weighted by Crippen LogP contribution is -2.11. The van der Waals surface area contributed by atoms with Gasteiger partial charge in [-0.15, -0.1) is 11.3 Å². The maximum absolute atomic E-state index is 11.5. The molecule has 1 aromatic rings. The van der Waals surface area contributed by atoms with Crippen molar-refractivity contribution in [3.8, 4) is 0 Å². The van der Waals surface area contributed by atoms with Crippen LogP contribution >= 0.6 is 11.3 Å². The first-order chi connectivity index (χ1) is 5.82. The summed E-state index contributed by atoms with van der Waals surface area (Å²) in [7, 11) is -2.59. The van der Waals surface area contributed by atoms with E-state index in [9.17, 15) is 4.21 Å². The van der Waals surface area contributed by atoms with Gasteiger partial charge >= 0.3 is 0 Å². The van der Waals surface area contributed by atoms with Crippen LogP contribution in [0.2, 0.25) is 0 Å². The second-order valence-corrected chi connectivity index (χ2v) is 6.46. The standard InChI is InChI=1S/C8H14N2OS2/c1-5(2)7-10-6(3)8(12-7)13(4,9)11/h5H,4H2,1-3H3,(H2,9,11). The predicted octanol–water partition coefficient (Wildman–Crippen LogP) is 1.52. The van der Waals surface area contributed by atoms with Crippen LogP contribution in [-0.2, 0) is 9.71 Å². The highest BCUT2D eigenvalue weighted by Crippen LogP contribution is 2.26. The van der Waals surface area contributed by atoms with Crippen molar-refractivity contribution in [3.63, 3.8) is 0 Å². The summed E-state index contributed by atoms with van der Waals surface area (Å²) in [4.78, 5) is 4.30. The summed E-state index contributed by atoms with van der Waals surface area (Å²) < 4.78 is 12.1. The van der Waals surface area contributed by atoms with Gasteiger partial charge in [-0.05, 0) is 12.8 Å². The average molecular weight is 218 g/mol. The van der Waals surface area contributed by atoms with Crippen molar-refractivity contribution in [2.75, 3.05) is 0 Å². The number of hydrogen-bond donors (Lipinski definition) is 1. The van der Waals surface area contributed by atoms with Crippen LogP contribution < -0.4 is 5.14 Å². The average Bonchev–Trinajstić information content (AvgIpc) is 2.29. The van der Waals surface area contributed by atoms with Crippen LogP contribution in [0, 0.1) is 6.92 Å². The Morgan fingerprint density at radius 2 is 2.15 bits per heavy atom. The number of rotatable bonds is 2. The molecule has 0 amide bonds. The first kappa shape index (κ1) is 10.7. The fourth-order valence-corrected chi connectivity index (χ4v) is 3.14. The lowest BCUT2D eigenvalue weighted by molar-refractivity contribution is 0.683. The molecule has 0 spiro atoms. The Hall–Kier alpha value is -0.390. The van der Waals surface area contributed by atoms with Crippen LogP contribution in [0.5, 0.6) is 0 Å². The first-order valence-electron chi connectivity index (χ1n) is 3.94. The van der Waals surface area contributed by atoms with Gasteiger partial charge < -0.3 is 0 Å². The van der Waals surface area contributed by atoms with Gasteiger partial charge in [-0.1, -0.05) is 13.8 Å². The van der Waals surface area contributed by atoms with Crippen LogP contribution in [0.15, 0.2) is 4.21 Å². The Labute approximate surface area is 83.1 Å². The fraction of sp³-hybridized carbons (Fsp3) is 0.500. The smallest absolute Gasteiger partial charge is 0.119 e. The highest BCUT2D eigenvalue weighted by molar-refractivity contribution is 8.00. The Bertz CT molecular complexity index is 404. The molecule has 0 saturated heterocycles. The topological polar surface area (TPSA) is 56.0 Å². The summed E-state index contributed by atoms with van der Waals surface area (Å²) in [6, 6.07) is 0. The second kappa shape index (κ2) is 3.40. The van der Waals surface area contributed by atoms with Gasteiger partial charge in [0.05, 0.1) is 20.4 Å². The highest BCUT2D eigenvalue weighted by atomic mass is 32.2. The second-order valence-electron chi connectivity index (χ2n) is 3.31. The lowest BCUT2D eigenvalue weighted by atomic mass is 10.2. The largest absolute Gasteiger partial charge is 0.255 e. The van der Waals surface area contributed by atoms with E-state index in [1.54, 1.807) is 0 Å². The van der Waals surface area contributed by atoms with Crippen molar-refractivity contribution < 1.29 is 4.21 Å². The van der Waals surface area contributed by atoms with Gasteiger partial charge in [0.15, 0.2) is 0 Å². The summed E-state index contributed by atoms with van der Waals surface area (Å²) in [6.45, 7) is 5.91. The van der Waals surface area contributed by atoms with Gasteiger partial charge in [0.1, 0.15) is 4.21 Å². The van der Waals surface area contributed by atoms with Gasteiger partial charge in [-0.2, -0.15) is 0 Å². The van der Waals surface area contributed by atoms with Crippen molar-refractivity contribution in [2.24, 2.45) is 5.14 Å². The maximum Gasteiger partial charge on any atom is 0.119 e. The van der Waals surface area contributed by atoms with Gasteiger partial charge in [0.2, 0.25) is 0 Å². The summed E-state index contributed by atoms with van der Waals surface area (Å²) in [5.41, 5.74) is 0.746. The molecule has 5 heteroatoms. The van der Waals surface area contributed by atoms with E-state index in [4.69, 9.17) is 5.14 Å². The highest BCUT2D eigenvalue weighted by Gasteiger charge is 2.14. The number of nitrogens with zero attached hydrogens (tertiary/aromatic N) is 1. The number of thiazole rings is 1. The zero-order valence-corrected chi connectivity index (χ0v) is 9.67. The molecule has 1 aromatic heterocycles. The first-order valence-corrected chi connectivity index (χ1v) is 6.55. The van der Waals surface area contributed by atoms with E-state index in [0.29, 0.717) is 10.1 Å². The SMILES string of the molecule is C=S(N)(=O)c1sc(C(C)C)nc1C. The van der Waals surface area contributed by atoms with Crippen molar-refractivity contribution in [1.82, 2.24) is 4.98 Å². The minimum atomic E-state index is -2.59. The minimum Gasteiger partial charge on any atom is -0.255 e. The third kappa shape index (κ3) is 2.30. The van der Waals surface area contributed by atoms with E-state index in [1.165, 1.54) is 11.3 Å². The third-order valence-corrected chi connectivity index (χ3v) is 4.85. The molecular weight excluding hydrogens is 204 g/mol. The van der Waals surface area contributed by atoms with Gasteiger partial charge in [-0.25, -0.2) is 9.19 Å². The molecule has 0 aliphatic heterocycles. The lowest BCUT2D eigenvalue weighted by Gasteiger charge is -1.97. The zero-order valence-electron chi connectivity index (χ0n) is 8.03. The van der Waals surface area contributed by atoms with Crippen molar-refractivity contribution in [1.29, 1.82) is 0 Å². The van der Waals surface area contributed by atoms with E-state index in [1.807, 2.05) is 20.8 Å². The molecule has 74 valence electrons. The quantitative estimate of drug-likeness (QED) is 0.765. The van der Waals surface area contributed by atoms with Crippen LogP contribution in [0.3, 0.4) is 0 Å². The van der Waals surface area contributed by atoms with Crippen molar-refractivity contribution in [2.45, 2.75) is 30.9 Å². The zero-order chi connectivity index (χ0) is 10.2. The molecule has 1 atom stereocenters. The molecule has 0 aliphatic carbocycles. The Kier molecular flexibility index (Phi) is 2.79. The van der Waals surface area contributed by atoms with Crippen LogP contribution in [0.4, 0.5) is 0 Å². The number of aromatic nitrogens is 1. The van der Waals surface area contributed by atoms with E-state index >= 15 is 0 Å². The molecule has 0 aliphatic rings. The van der Waals surface area contributed by atoms with E-state index < -0.39 is 9.71 Å². The normalized spacial score (nSPS) is 16.1. The summed E-state index contributed by atoms with van der Waals surface area (Å²) in [5.74, 6) is 3.80. The molecule has 0 bridgehead atoms. The van der Waals surface area contributed by atoms with Gasteiger partial charge in [-0.3, -0.25) is 5.14 Å². The maximum atomic E-state index is 11.5. The van der Waals surface area contributed by atoms with Crippen molar-refractivity contribution in [3.05, 3.63) is 10.7 Å². The van der Waals surface area contributed by atoms with Crippen molar-refractivity contribution >= 4 is 26.9 Å². The molecule has 0 saturated carbocycles. The molecule has 1 heterocycles. The van der Waals surface area contributed by atoms with Gasteiger partial charge in [0.25, 0.3) is 0 Å². The van der Waals surface area contributed by atoms with Crippen LogP contribution in [-0.4, -0.2) is 15.1 Å². The van der Waals surface area contributed by atoms with Gasteiger partial charge in [0, 0.05) is 5.92 Å². The Morgan fingerprint density at radius 3 is 2.38 bits per heavy atom. The van der Waals surface area contributed by atoms with E-state index in [0.717, 1.165) is 10.7 Å². The third-order valence-electron chi connectivity index (χ3n) is 1.58. The number of nitrogens with two attached hydrogens (primary N) is 1. The summed E-state index contributed by atoms with van der Waals surface area (Å²) in [5, 5.41) is 6.43. The van der Waals surface area contributed by atoms with E-state index in [-0.39, 0.29) is 0 Å². The number of hydrogen-bond acceptors (Lipinski definition) is 3. The molecule has 1 rings (SSSR count). The molecule has 0 fully saturated rings. The summed E-state index contributed by atoms with van der Waals surface area (Å²) >= 11 is 1.40. The number of aryl methyl sites for hydroxylation is 1.